The molecule has 2 rings (SSSR count). The van der Waals surface area contributed by atoms with Crippen LogP contribution in [0, 0.1) is 11.3 Å². The molecule has 0 saturated carbocycles. The molecular weight excluding hydrogens is 248 g/mol. The predicted molar refractivity (Wildman–Crippen MR) is 68.9 cm³/mol. The molecule has 2 saturated heterocycles. The lowest BCUT2D eigenvalue weighted by atomic mass is 9.80. The number of amides is 2. The van der Waals surface area contributed by atoms with Crippen LogP contribution in [-0.2, 0) is 9.53 Å². The summed E-state index contributed by atoms with van der Waals surface area (Å²) in [6, 6.07) is -0.142. The number of carbonyl (C=O) groups is 2. The molecule has 0 bridgehead atoms. The number of hydrogen-bond donors (Lipinski definition) is 2. The maximum absolute atomic E-state index is 12.0. The highest BCUT2D eigenvalue weighted by Gasteiger charge is 2.40. The van der Waals surface area contributed by atoms with Gasteiger partial charge in [0.2, 0.25) is 0 Å². The van der Waals surface area contributed by atoms with E-state index in [2.05, 4.69) is 12.2 Å². The van der Waals surface area contributed by atoms with E-state index in [-0.39, 0.29) is 12.6 Å². The van der Waals surface area contributed by atoms with Crippen LogP contribution in [0.2, 0.25) is 0 Å². The van der Waals surface area contributed by atoms with E-state index in [4.69, 9.17) is 4.74 Å². The molecule has 0 aromatic rings. The van der Waals surface area contributed by atoms with Gasteiger partial charge >= 0.3 is 12.0 Å². The van der Waals surface area contributed by atoms with E-state index in [0.717, 1.165) is 19.5 Å². The quantitative estimate of drug-likeness (QED) is 0.799. The van der Waals surface area contributed by atoms with Crippen LogP contribution in [0.15, 0.2) is 0 Å². The first kappa shape index (κ1) is 14.1. The molecule has 2 amide bonds. The summed E-state index contributed by atoms with van der Waals surface area (Å²) >= 11 is 0. The molecule has 108 valence electrons. The number of carboxylic acids is 1. The summed E-state index contributed by atoms with van der Waals surface area (Å²) in [4.78, 5) is 25.2. The van der Waals surface area contributed by atoms with Crippen molar-refractivity contribution in [1.29, 1.82) is 0 Å². The minimum absolute atomic E-state index is 0.142. The van der Waals surface area contributed by atoms with Gasteiger partial charge in [0, 0.05) is 32.8 Å². The predicted octanol–water partition coefficient (Wildman–Crippen LogP) is 0.919. The molecule has 19 heavy (non-hydrogen) atoms. The molecule has 2 aliphatic heterocycles. The summed E-state index contributed by atoms with van der Waals surface area (Å²) in [5, 5.41) is 12.2. The molecule has 1 atom stereocenters. The lowest BCUT2D eigenvalue weighted by Crippen LogP contribution is -2.49. The van der Waals surface area contributed by atoms with Crippen LogP contribution in [0.25, 0.3) is 0 Å². The molecule has 2 aliphatic rings. The van der Waals surface area contributed by atoms with Crippen LogP contribution in [-0.4, -0.2) is 54.9 Å². The first-order valence-corrected chi connectivity index (χ1v) is 6.87. The van der Waals surface area contributed by atoms with Gasteiger partial charge in [-0.1, -0.05) is 6.92 Å². The van der Waals surface area contributed by atoms with Crippen molar-refractivity contribution < 1.29 is 19.4 Å². The standard InChI is InChI=1S/C13H22N2O4/c1-10-2-5-15(8-10)12(18)14-9-13(11(16)17)3-6-19-7-4-13/h10H,2-9H2,1H3,(H,14,18)(H,16,17). The lowest BCUT2D eigenvalue weighted by Gasteiger charge is -2.33. The summed E-state index contributed by atoms with van der Waals surface area (Å²) < 4.78 is 5.21. The zero-order valence-electron chi connectivity index (χ0n) is 11.4. The highest BCUT2D eigenvalue weighted by atomic mass is 16.5. The minimum atomic E-state index is -0.862. The molecule has 0 aromatic heterocycles. The van der Waals surface area contributed by atoms with Gasteiger partial charge in [-0.3, -0.25) is 4.79 Å². The Bertz CT molecular complexity index is 353. The van der Waals surface area contributed by atoms with Crippen LogP contribution in [0.4, 0.5) is 4.79 Å². The van der Waals surface area contributed by atoms with Crippen LogP contribution < -0.4 is 5.32 Å². The molecule has 0 aliphatic carbocycles. The van der Waals surface area contributed by atoms with E-state index in [0.29, 0.717) is 32.0 Å². The van der Waals surface area contributed by atoms with E-state index in [1.54, 1.807) is 4.90 Å². The molecule has 2 N–H and O–H groups in total. The number of aliphatic carboxylic acids is 1. The molecule has 2 heterocycles. The second-order valence-corrected chi connectivity index (χ2v) is 5.70. The van der Waals surface area contributed by atoms with Crippen molar-refractivity contribution in [2.24, 2.45) is 11.3 Å². The maximum Gasteiger partial charge on any atom is 0.317 e. The van der Waals surface area contributed by atoms with Crippen molar-refractivity contribution in [3.05, 3.63) is 0 Å². The fourth-order valence-corrected chi connectivity index (χ4v) is 2.70. The van der Waals surface area contributed by atoms with E-state index in [1.165, 1.54) is 0 Å². The zero-order valence-corrected chi connectivity index (χ0v) is 11.4. The van der Waals surface area contributed by atoms with Crippen molar-refractivity contribution in [2.75, 3.05) is 32.8 Å². The third-order valence-electron chi connectivity index (χ3n) is 4.19. The number of carbonyl (C=O) groups excluding carboxylic acids is 1. The third kappa shape index (κ3) is 3.18. The minimum Gasteiger partial charge on any atom is -0.481 e. The van der Waals surface area contributed by atoms with Gasteiger partial charge in [0.25, 0.3) is 0 Å². The molecule has 0 aromatic carbocycles. The van der Waals surface area contributed by atoms with Gasteiger partial charge in [-0.15, -0.1) is 0 Å². The second-order valence-electron chi connectivity index (χ2n) is 5.70. The molecular formula is C13H22N2O4. The smallest absolute Gasteiger partial charge is 0.317 e. The molecule has 0 spiro atoms. The fourth-order valence-electron chi connectivity index (χ4n) is 2.70. The van der Waals surface area contributed by atoms with Gasteiger partial charge in [-0.2, -0.15) is 0 Å². The average Bonchev–Trinajstić information content (AvgIpc) is 2.83. The number of nitrogens with one attached hydrogen (secondary N) is 1. The molecule has 2 fully saturated rings. The van der Waals surface area contributed by atoms with Gasteiger partial charge in [0.05, 0.1) is 5.41 Å². The Morgan fingerprint density at radius 1 is 1.42 bits per heavy atom. The number of ether oxygens (including phenoxy) is 1. The van der Waals surface area contributed by atoms with E-state index in [9.17, 15) is 14.7 Å². The second kappa shape index (κ2) is 5.77. The Hall–Kier alpha value is -1.30. The number of likely N-dealkylation sites (tertiary alicyclic amines) is 1. The Morgan fingerprint density at radius 2 is 2.11 bits per heavy atom. The summed E-state index contributed by atoms with van der Waals surface area (Å²) in [7, 11) is 0. The lowest BCUT2D eigenvalue weighted by molar-refractivity contribution is -0.154. The molecule has 0 radical (unpaired) electrons. The monoisotopic (exact) mass is 270 g/mol. The number of urea groups is 1. The number of nitrogens with zero attached hydrogens (tertiary/aromatic N) is 1. The molecule has 6 heteroatoms. The summed E-state index contributed by atoms with van der Waals surface area (Å²) in [6.07, 6.45) is 1.93. The Balaban J connectivity index is 1.88. The largest absolute Gasteiger partial charge is 0.481 e. The van der Waals surface area contributed by atoms with Crippen LogP contribution in [0.3, 0.4) is 0 Å². The van der Waals surface area contributed by atoms with Gasteiger partial charge in [0.1, 0.15) is 0 Å². The molecule has 1 unspecified atom stereocenters. The Labute approximate surface area is 113 Å². The number of rotatable bonds is 3. The molecule has 6 nitrogen and oxygen atoms in total. The topological polar surface area (TPSA) is 78.9 Å². The van der Waals surface area contributed by atoms with Crippen molar-refractivity contribution in [1.82, 2.24) is 10.2 Å². The van der Waals surface area contributed by atoms with Crippen molar-refractivity contribution >= 4 is 12.0 Å². The highest BCUT2D eigenvalue weighted by molar-refractivity contribution is 5.78. The van der Waals surface area contributed by atoms with Crippen molar-refractivity contribution in [2.45, 2.75) is 26.2 Å². The highest BCUT2D eigenvalue weighted by Crippen LogP contribution is 2.30. The van der Waals surface area contributed by atoms with Crippen molar-refractivity contribution in [3.63, 3.8) is 0 Å². The normalized spacial score (nSPS) is 26.2. The Morgan fingerprint density at radius 3 is 2.63 bits per heavy atom. The number of carboxylic acid groups (broad SMARTS) is 1. The van der Waals surface area contributed by atoms with Crippen LogP contribution in [0.1, 0.15) is 26.2 Å². The summed E-state index contributed by atoms with van der Waals surface area (Å²) in [6.45, 7) is 4.72. The first-order valence-electron chi connectivity index (χ1n) is 6.87. The Kier molecular flexibility index (Phi) is 4.29. The summed E-state index contributed by atoms with van der Waals surface area (Å²) in [5.41, 5.74) is -0.862. The van der Waals surface area contributed by atoms with Gasteiger partial charge in [0.15, 0.2) is 0 Å². The maximum atomic E-state index is 12.0. The van der Waals surface area contributed by atoms with Crippen LogP contribution in [0.5, 0.6) is 0 Å². The zero-order chi connectivity index (χ0) is 13.9. The van der Waals surface area contributed by atoms with Gasteiger partial charge in [-0.05, 0) is 25.2 Å². The van der Waals surface area contributed by atoms with E-state index < -0.39 is 11.4 Å². The van der Waals surface area contributed by atoms with Crippen molar-refractivity contribution in [3.8, 4) is 0 Å². The number of hydrogen-bond acceptors (Lipinski definition) is 3. The fraction of sp³-hybridized carbons (Fsp3) is 0.846. The van der Waals surface area contributed by atoms with E-state index in [1.807, 2.05) is 0 Å². The van der Waals surface area contributed by atoms with Gasteiger partial charge < -0.3 is 20.1 Å². The average molecular weight is 270 g/mol. The van der Waals surface area contributed by atoms with Gasteiger partial charge in [-0.25, -0.2) is 4.79 Å². The summed E-state index contributed by atoms with van der Waals surface area (Å²) in [5.74, 6) is -0.312. The third-order valence-corrected chi connectivity index (χ3v) is 4.19. The SMILES string of the molecule is CC1CCN(C(=O)NCC2(C(=O)O)CCOCC2)C1. The first-order chi connectivity index (χ1) is 9.03. The van der Waals surface area contributed by atoms with Crippen LogP contribution >= 0.6 is 0 Å². The van der Waals surface area contributed by atoms with E-state index >= 15 is 0 Å².